The smallest absolute Gasteiger partial charge is 0.329 e. The van der Waals surface area contributed by atoms with Gasteiger partial charge in [-0.3, -0.25) is 19.1 Å². The van der Waals surface area contributed by atoms with Gasteiger partial charge in [-0.15, -0.1) is 0 Å². The zero-order valence-electron chi connectivity index (χ0n) is 23.0. The van der Waals surface area contributed by atoms with Crippen molar-refractivity contribution in [2.75, 3.05) is 12.4 Å². The van der Waals surface area contributed by atoms with Crippen LogP contribution in [0.1, 0.15) is 29.3 Å². The van der Waals surface area contributed by atoms with Gasteiger partial charge in [0, 0.05) is 12.6 Å². The molecule has 4 aromatic rings. The molecule has 1 aromatic heterocycles. The summed E-state index contributed by atoms with van der Waals surface area (Å²) in [5.41, 5.74) is 6.22. The van der Waals surface area contributed by atoms with Gasteiger partial charge in [0.2, 0.25) is 0 Å². The number of carbonyl (C=O) groups excluding carboxylic acids is 2. The minimum Gasteiger partial charge on any atom is -0.493 e. The average molecular weight is 542 g/mol. The lowest BCUT2D eigenvalue weighted by Gasteiger charge is -2.12. The highest BCUT2D eigenvalue weighted by Gasteiger charge is 2.21. The number of aromatic nitrogens is 2. The van der Waals surface area contributed by atoms with Crippen LogP contribution in [0.2, 0.25) is 0 Å². The maximum Gasteiger partial charge on any atom is 0.329 e. The van der Waals surface area contributed by atoms with Gasteiger partial charge < -0.3 is 14.8 Å². The lowest BCUT2D eigenvalue weighted by Crippen LogP contribution is -2.34. The number of ether oxygens (including phenoxy) is 2. The largest absolute Gasteiger partial charge is 0.493 e. The highest BCUT2D eigenvalue weighted by atomic mass is 16.5. The highest BCUT2D eigenvalue weighted by molar-refractivity contribution is 6.39. The van der Waals surface area contributed by atoms with Crippen LogP contribution in [0.3, 0.4) is 0 Å². The van der Waals surface area contributed by atoms with Crippen LogP contribution < -0.4 is 25.8 Å². The van der Waals surface area contributed by atoms with Crippen LogP contribution in [-0.2, 0) is 23.2 Å². The molecule has 0 saturated carbocycles. The van der Waals surface area contributed by atoms with Crippen molar-refractivity contribution in [3.05, 3.63) is 106 Å². The van der Waals surface area contributed by atoms with Crippen molar-refractivity contribution in [2.45, 2.75) is 27.4 Å². The molecular formula is C30H31N5O5. The number of hydrazone groups is 1. The number of benzene rings is 3. The van der Waals surface area contributed by atoms with E-state index >= 15 is 0 Å². The first-order chi connectivity index (χ1) is 19.2. The topological polar surface area (TPSA) is 116 Å². The minimum atomic E-state index is -1.02. The Morgan fingerprint density at radius 3 is 2.30 bits per heavy atom. The van der Waals surface area contributed by atoms with Crippen LogP contribution in [0.15, 0.2) is 82.7 Å². The number of nitrogens with zero attached hydrogens (tertiary/aromatic N) is 3. The summed E-state index contributed by atoms with van der Waals surface area (Å²) in [5, 5.41) is 6.47. The zero-order chi connectivity index (χ0) is 28.8. The molecular weight excluding hydrogens is 510 g/mol. The summed E-state index contributed by atoms with van der Waals surface area (Å²) < 4.78 is 14.4. The number of hydrogen-bond acceptors (Lipinski definition) is 6. The molecule has 0 aliphatic rings. The SMILES string of the molecule is COc1cc(/C(C)=N/NC(=O)C(=O)Nc2c(C)n(C)n(-c3ccccc3)c2=O)ccc1OCc1ccc(C)cc1. The third-order valence-electron chi connectivity index (χ3n) is 6.42. The highest BCUT2D eigenvalue weighted by Crippen LogP contribution is 2.29. The van der Waals surface area contributed by atoms with E-state index in [0.29, 0.717) is 40.8 Å². The number of aryl methyl sites for hydroxylation is 1. The van der Waals surface area contributed by atoms with Gasteiger partial charge in [0.25, 0.3) is 5.56 Å². The first-order valence-corrected chi connectivity index (χ1v) is 12.6. The average Bonchev–Trinajstić information content (AvgIpc) is 3.18. The van der Waals surface area contributed by atoms with Gasteiger partial charge in [0.05, 0.1) is 24.2 Å². The van der Waals surface area contributed by atoms with Crippen molar-refractivity contribution in [3.8, 4) is 17.2 Å². The molecule has 0 atom stereocenters. The molecule has 2 amide bonds. The minimum absolute atomic E-state index is 0.0122. The Kier molecular flexibility index (Phi) is 8.48. The predicted molar refractivity (Wildman–Crippen MR) is 153 cm³/mol. The predicted octanol–water partition coefficient (Wildman–Crippen LogP) is 3.86. The van der Waals surface area contributed by atoms with E-state index in [1.54, 1.807) is 68.0 Å². The lowest BCUT2D eigenvalue weighted by molar-refractivity contribution is -0.136. The maximum atomic E-state index is 13.0. The third kappa shape index (κ3) is 6.12. The Morgan fingerprint density at radius 2 is 1.62 bits per heavy atom. The summed E-state index contributed by atoms with van der Waals surface area (Å²) in [6.07, 6.45) is 0. The summed E-state index contributed by atoms with van der Waals surface area (Å²) in [6, 6.07) is 22.3. The Hall–Kier alpha value is -5.12. The number of amides is 2. The van der Waals surface area contributed by atoms with E-state index in [1.165, 1.54) is 17.4 Å². The van der Waals surface area contributed by atoms with E-state index in [9.17, 15) is 14.4 Å². The molecule has 10 nitrogen and oxygen atoms in total. The van der Waals surface area contributed by atoms with Crippen molar-refractivity contribution < 1.29 is 19.1 Å². The van der Waals surface area contributed by atoms with Gasteiger partial charge in [-0.2, -0.15) is 5.10 Å². The molecule has 10 heteroatoms. The van der Waals surface area contributed by atoms with Crippen LogP contribution in [0.5, 0.6) is 11.5 Å². The zero-order valence-corrected chi connectivity index (χ0v) is 23.0. The number of anilines is 1. The van der Waals surface area contributed by atoms with Gasteiger partial charge in [-0.05, 0) is 56.7 Å². The van der Waals surface area contributed by atoms with E-state index in [4.69, 9.17) is 9.47 Å². The van der Waals surface area contributed by atoms with Crippen LogP contribution in [0.25, 0.3) is 5.69 Å². The van der Waals surface area contributed by atoms with Crippen LogP contribution in [0, 0.1) is 13.8 Å². The number of carbonyl (C=O) groups is 2. The molecule has 3 aromatic carbocycles. The van der Waals surface area contributed by atoms with Crippen molar-refractivity contribution in [2.24, 2.45) is 12.1 Å². The van der Waals surface area contributed by atoms with Crippen molar-refractivity contribution in [3.63, 3.8) is 0 Å². The van der Waals surface area contributed by atoms with Gasteiger partial charge in [-0.25, -0.2) is 10.1 Å². The fourth-order valence-corrected chi connectivity index (χ4v) is 3.99. The second kappa shape index (κ2) is 12.2. The van der Waals surface area contributed by atoms with Crippen LogP contribution in [-0.4, -0.2) is 34.0 Å². The second-order valence-corrected chi connectivity index (χ2v) is 9.17. The Labute approximate surface area is 231 Å². The molecule has 0 spiro atoms. The first-order valence-electron chi connectivity index (χ1n) is 12.6. The van der Waals surface area contributed by atoms with Gasteiger partial charge >= 0.3 is 11.8 Å². The van der Waals surface area contributed by atoms with Crippen LogP contribution >= 0.6 is 0 Å². The quantitative estimate of drug-likeness (QED) is 0.200. The monoisotopic (exact) mass is 541 g/mol. The molecule has 206 valence electrons. The van der Waals surface area contributed by atoms with Crippen molar-refractivity contribution >= 4 is 23.2 Å². The molecule has 0 saturated heterocycles. The lowest BCUT2D eigenvalue weighted by atomic mass is 10.1. The van der Waals surface area contributed by atoms with Gasteiger partial charge in [-0.1, -0.05) is 48.0 Å². The summed E-state index contributed by atoms with van der Waals surface area (Å²) in [7, 11) is 3.23. The fraction of sp³-hybridized carbons (Fsp3) is 0.200. The fourth-order valence-electron chi connectivity index (χ4n) is 3.99. The Bertz CT molecular complexity index is 1620. The molecule has 2 N–H and O–H groups in total. The molecule has 40 heavy (non-hydrogen) atoms. The summed E-state index contributed by atoms with van der Waals surface area (Å²) in [5.74, 6) is -0.974. The number of nitrogens with one attached hydrogen (secondary N) is 2. The van der Waals surface area contributed by atoms with E-state index in [1.807, 2.05) is 37.3 Å². The third-order valence-corrected chi connectivity index (χ3v) is 6.42. The number of hydrogen-bond donors (Lipinski definition) is 2. The summed E-state index contributed by atoms with van der Waals surface area (Å²) in [4.78, 5) is 38.1. The molecule has 0 bridgehead atoms. The molecule has 0 radical (unpaired) electrons. The number of para-hydroxylation sites is 1. The molecule has 0 unspecified atom stereocenters. The molecule has 0 fully saturated rings. The van der Waals surface area contributed by atoms with Crippen molar-refractivity contribution in [1.29, 1.82) is 0 Å². The first kappa shape index (κ1) is 27.9. The van der Waals surface area contributed by atoms with E-state index < -0.39 is 17.4 Å². The second-order valence-electron chi connectivity index (χ2n) is 9.17. The molecule has 0 aliphatic carbocycles. The normalized spacial score (nSPS) is 11.2. The van der Waals surface area contributed by atoms with E-state index in [-0.39, 0.29) is 5.69 Å². The molecule has 4 rings (SSSR count). The molecule has 1 heterocycles. The van der Waals surface area contributed by atoms with Crippen LogP contribution in [0.4, 0.5) is 5.69 Å². The summed E-state index contributed by atoms with van der Waals surface area (Å²) >= 11 is 0. The maximum absolute atomic E-state index is 13.0. The van der Waals surface area contributed by atoms with E-state index in [0.717, 1.165) is 5.56 Å². The van der Waals surface area contributed by atoms with Crippen molar-refractivity contribution in [1.82, 2.24) is 14.8 Å². The standard InChI is InChI=1S/C30H31N5O5/c1-19-11-13-22(14-12-19)18-40-25-16-15-23(17-26(25)39-5)20(2)32-33-29(37)28(36)31-27-21(3)34(4)35(30(27)38)24-9-7-6-8-10-24/h6-17H,18H2,1-5H3,(H,31,36)(H,33,37)/b32-20+. The summed E-state index contributed by atoms with van der Waals surface area (Å²) in [6.45, 7) is 5.77. The van der Waals surface area contributed by atoms with Gasteiger partial charge in [0.15, 0.2) is 11.5 Å². The van der Waals surface area contributed by atoms with Gasteiger partial charge in [0.1, 0.15) is 12.3 Å². The van der Waals surface area contributed by atoms with E-state index in [2.05, 4.69) is 15.8 Å². The Morgan fingerprint density at radius 1 is 0.925 bits per heavy atom. The number of rotatable bonds is 8. The molecule has 0 aliphatic heterocycles. The Balaban J connectivity index is 1.42. The number of methoxy groups -OCH3 is 1.